The van der Waals surface area contributed by atoms with Gasteiger partial charge in [-0.25, -0.2) is 0 Å². The van der Waals surface area contributed by atoms with Crippen molar-refractivity contribution in [2.45, 2.75) is 38.6 Å². The quantitative estimate of drug-likeness (QED) is 0.495. The first-order valence-corrected chi connectivity index (χ1v) is 10.1. The van der Waals surface area contributed by atoms with E-state index < -0.39 is 0 Å². The summed E-state index contributed by atoms with van der Waals surface area (Å²) in [6.45, 7) is 2.28. The lowest BCUT2D eigenvalue weighted by Crippen LogP contribution is -2.42. The fourth-order valence-electron chi connectivity index (χ4n) is 3.62. The van der Waals surface area contributed by atoms with Crippen molar-refractivity contribution in [1.82, 2.24) is 21.3 Å². The second-order valence-corrected chi connectivity index (χ2v) is 7.76. The largest absolute Gasteiger partial charge is 0.362 e. The molecule has 156 valence electrons. The van der Waals surface area contributed by atoms with Gasteiger partial charge in [-0.3, -0.25) is 14.4 Å². The lowest BCUT2D eigenvalue weighted by atomic mass is 9.85. The number of amides is 3. The van der Waals surface area contributed by atoms with Crippen LogP contribution in [0.2, 0.25) is 5.02 Å². The first-order chi connectivity index (χ1) is 13.9. The summed E-state index contributed by atoms with van der Waals surface area (Å²) in [6.07, 6.45) is 2.74. The maximum Gasteiger partial charge on any atom is 0.269 e. The van der Waals surface area contributed by atoms with E-state index in [1.54, 1.807) is 0 Å². The molecular formula is C20H26ClN5O3. The molecule has 5 N–H and O–H groups in total. The Balaban J connectivity index is 1.52. The third kappa shape index (κ3) is 5.00. The Kier molecular flexibility index (Phi) is 6.64. The number of rotatable bonds is 5. The fourth-order valence-corrected chi connectivity index (χ4v) is 3.91. The Bertz CT molecular complexity index is 847. The highest BCUT2D eigenvalue weighted by molar-refractivity contribution is 6.33. The van der Waals surface area contributed by atoms with E-state index in [0.717, 1.165) is 5.56 Å². The third-order valence-electron chi connectivity index (χ3n) is 5.28. The predicted octanol–water partition coefficient (Wildman–Crippen LogP) is 1.37. The summed E-state index contributed by atoms with van der Waals surface area (Å²) in [4.78, 5) is 36.9. The predicted molar refractivity (Wildman–Crippen MR) is 111 cm³/mol. The maximum absolute atomic E-state index is 12.6. The summed E-state index contributed by atoms with van der Waals surface area (Å²) in [6, 6.07) is 5.50. The molecule has 0 spiro atoms. The van der Waals surface area contributed by atoms with Gasteiger partial charge < -0.3 is 26.6 Å². The topological polar surface area (TPSA) is 111 Å². The number of anilines is 1. The second kappa shape index (κ2) is 9.17. The van der Waals surface area contributed by atoms with Crippen LogP contribution >= 0.6 is 11.6 Å². The molecule has 0 atom stereocenters. The van der Waals surface area contributed by atoms with Gasteiger partial charge in [-0.15, -0.1) is 0 Å². The first kappa shape index (κ1) is 21.0. The van der Waals surface area contributed by atoms with E-state index in [0.29, 0.717) is 43.1 Å². The lowest BCUT2D eigenvalue weighted by molar-refractivity contribution is -0.121. The highest BCUT2D eigenvalue weighted by atomic mass is 35.5. The van der Waals surface area contributed by atoms with E-state index in [1.807, 2.05) is 25.1 Å². The summed E-state index contributed by atoms with van der Waals surface area (Å²) in [5.74, 6) is -0.817. The minimum atomic E-state index is -0.338. The molecule has 0 bridgehead atoms. The van der Waals surface area contributed by atoms with Crippen molar-refractivity contribution in [1.29, 1.82) is 0 Å². The van der Waals surface area contributed by atoms with Crippen LogP contribution in [0.1, 0.15) is 31.2 Å². The van der Waals surface area contributed by atoms with Crippen LogP contribution in [0.15, 0.2) is 29.6 Å². The Morgan fingerprint density at radius 1 is 1.03 bits per heavy atom. The average Bonchev–Trinajstić information content (AvgIpc) is 3.20. The zero-order valence-electron chi connectivity index (χ0n) is 16.5. The van der Waals surface area contributed by atoms with Crippen LogP contribution in [0, 0.1) is 12.8 Å². The van der Waals surface area contributed by atoms with Crippen LogP contribution in [0.3, 0.4) is 0 Å². The number of hydrogen-bond acceptors (Lipinski definition) is 5. The molecule has 8 nitrogen and oxygen atoms in total. The molecule has 1 fully saturated rings. The van der Waals surface area contributed by atoms with Crippen molar-refractivity contribution in [3.05, 3.63) is 40.2 Å². The van der Waals surface area contributed by atoms with Crippen LogP contribution in [0.25, 0.3) is 0 Å². The van der Waals surface area contributed by atoms with E-state index in [4.69, 9.17) is 11.6 Å². The number of benzene rings is 1. The van der Waals surface area contributed by atoms with Gasteiger partial charge >= 0.3 is 0 Å². The Hall–Kier alpha value is -2.74. The molecule has 1 aliphatic carbocycles. The molecule has 3 rings (SSSR count). The summed E-state index contributed by atoms with van der Waals surface area (Å²) in [5.41, 5.74) is 2.14. The van der Waals surface area contributed by atoms with E-state index in [9.17, 15) is 14.4 Å². The summed E-state index contributed by atoms with van der Waals surface area (Å²) in [7, 11) is 1.51. The number of nitrogens with one attached hydrogen (secondary N) is 5. The van der Waals surface area contributed by atoms with Crippen LogP contribution in [0.5, 0.6) is 0 Å². The number of halogens is 1. The number of carbonyl (C=O) groups excluding carboxylic acids is 3. The van der Waals surface area contributed by atoms with Gasteiger partial charge in [0.1, 0.15) is 11.4 Å². The molecule has 0 saturated heterocycles. The van der Waals surface area contributed by atoms with E-state index in [2.05, 4.69) is 26.6 Å². The van der Waals surface area contributed by atoms with E-state index in [-0.39, 0.29) is 41.1 Å². The Morgan fingerprint density at radius 2 is 1.69 bits per heavy atom. The number of aryl methyl sites for hydroxylation is 1. The van der Waals surface area contributed by atoms with Gasteiger partial charge in [0.2, 0.25) is 5.91 Å². The Labute approximate surface area is 174 Å². The molecule has 1 aromatic carbocycles. The van der Waals surface area contributed by atoms with Crippen molar-refractivity contribution in [2.75, 3.05) is 19.0 Å². The molecular weight excluding hydrogens is 394 g/mol. The van der Waals surface area contributed by atoms with Crippen molar-refractivity contribution in [3.8, 4) is 0 Å². The zero-order valence-corrected chi connectivity index (χ0v) is 17.3. The standard InChI is InChI=1S/C20H26ClN5O3/c1-11-3-8-15(14(21)9-11)26-18(27)12-4-6-13(7-5-12)25-20(29)17-16(19(28)22-2)23-10-24-17/h3,8-9,12-13,23-24H,4-7,10H2,1-2H3,(H,22,28)(H,25,29)(H,26,27)/t12-,13-. The van der Waals surface area contributed by atoms with Gasteiger partial charge in [-0.1, -0.05) is 17.7 Å². The molecule has 0 unspecified atom stereocenters. The van der Waals surface area contributed by atoms with Gasteiger partial charge in [-0.2, -0.15) is 0 Å². The van der Waals surface area contributed by atoms with Gasteiger partial charge in [0, 0.05) is 19.0 Å². The first-order valence-electron chi connectivity index (χ1n) is 9.71. The smallest absolute Gasteiger partial charge is 0.269 e. The van der Waals surface area contributed by atoms with Gasteiger partial charge in [-0.05, 0) is 50.3 Å². The van der Waals surface area contributed by atoms with Crippen molar-refractivity contribution >= 4 is 35.0 Å². The van der Waals surface area contributed by atoms with Crippen molar-refractivity contribution in [2.24, 2.45) is 5.92 Å². The molecule has 9 heteroatoms. The van der Waals surface area contributed by atoms with Crippen molar-refractivity contribution in [3.63, 3.8) is 0 Å². The fraction of sp³-hybridized carbons (Fsp3) is 0.450. The number of likely N-dealkylation sites (N-methyl/N-ethyl adjacent to an activating group) is 1. The molecule has 0 aromatic heterocycles. The summed E-state index contributed by atoms with van der Waals surface area (Å²) < 4.78 is 0. The van der Waals surface area contributed by atoms with Crippen LogP contribution in [-0.2, 0) is 14.4 Å². The van der Waals surface area contributed by atoms with Crippen molar-refractivity contribution < 1.29 is 14.4 Å². The maximum atomic E-state index is 12.6. The molecule has 1 saturated carbocycles. The SMILES string of the molecule is CNC(=O)C1=C(C(=O)N[C@H]2CC[C@H](C(=O)Nc3ccc(C)cc3Cl)CC2)NCN1. The Morgan fingerprint density at radius 3 is 2.31 bits per heavy atom. The number of hydrogen-bond donors (Lipinski definition) is 5. The molecule has 1 aliphatic heterocycles. The molecule has 1 heterocycles. The second-order valence-electron chi connectivity index (χ2n) is 7.35. The van der Waals surface area contributed by atoms with Gasteiger partial charge in [0.05, 0.1) is 17.4 Å². The van der Waals surface area contributed by atoms with Gasteiger partial charge in [0.15, 0.2) is 0 Å². The minimum absolute atomic E-state index is 0.0321. The molecule has 2 aliphatic rings. The highest BCUT2D eigenvalue weighted by Gasteiger charge is 2.30. The molecule has 1 aromatic rings. The van der Waals surface area contributed by atoms with Gasteiger partial charge in [0.25, 0.3) is 11.8 Å². The zero-order chi connectivity index (χ0) is 21.0. The monoisotopic (exact) mass is 419 g/mol. The molecule has 29 heavy (non-hydrogen) atoms. The minimum Gasteiger partial charge on any atom is -0.362 e. The third-order valence-corrected chi connectivity index (χ3v) is 5.59. The summed E-state index contributed by atoms with van der Waals surface area (Å²) in [5, 5.41) is 14.7. The number of carbonyl (C=O) groups is 3. The average molecular weight is 420 g/mol. The normalized spacial score (nSPS) is 21.1. The molecule has 3 amide bonds. The van der Waals surface area contributed by atoms with Crippen LogP contribution in [-0.4, -0.2) is 37.5 Å². The summed E-state index contributed by atoms with van der Waals surface area (Å²) >= 11 is 6.19. The lowest BCUT2D eigenvalue weighted by Gasteiger charge is -2.28. The van der Waals surface area contributed by atoms with Crippen LogP contribution < -0.4 is 26.6 Å². The highest BCUT2D eigenvalue weighted by Crippen LogP contribution is 2.28. The van der Waals surface area contributed by atoms with E-state index >= 15 is 0 Å². The van der Waals surface area contributed by atoms with Crippen LogP contribution in [0.4, 0.5) is 5.69 Å². The molecule has 0 radical (unpaired) electrons. The van der Waals surface area contributed by atoms with E-state index in [1.165, 1.54) is 7.05 Å².